The number of carbonyl (C=O) groups excluding carboxylic acids is 1. The minimum Gasteiger partial charge on any atom is -0.324 e. The van der Waals surface area contributed by atoms with E-state index in [0.717, 1.165) is 6.07 Å². The van der Waals surface area contributed by atoms with Crippen molar-refractivity contribution in [3.05, 3.63) is 29.3 Å². The van der Waals surface area contributed by atoms with E-state index in [4.69, 9.17) is 0 Å². The molecule has 0 saturated carbocycles. The first kappa shape index (κ1) is 9.45. The number of thioether (sulfide) groups is 1. The number of nitrogens with one attached hydrogen (secondary N) is 1. The molecule has 1 atom stereocenters. The zero-order valence-corrected chi connectivity index (χ0v) is 8.12. The second kappa shape index (κ2) is 3.24. The molecule has 0 aliphatic carbocycles. The summed E-state index contributed by atoms with van der Waals surface area (Å²) in [6.45, 7) is 0. The van der Waals surface area contributed by atoms with Gasteiger partial charge >= 0.3 is 0 Å². The van der Waals surface area contributed by atoms with Crippen LogP contribution in [0.25, 0.3) is 0 Å². The Morgan fingerprint density at radius 3 is 2.79 bits per heavy atom. The normalized spacial score (nSPS) is 19.4. The molecule has 5 heteroatoms. The fraction of sp³-hybridized carbons (Fsp3) is 0.222. The lowest BCUT2D eigenvalue weighted by Gasteiger charge is -2.05. The van der Waals surface area contributed by atoms with E-state index in [1.165, 1.54) is 17.8 Å². The summed E-state index contributed by atoms with van der Waals surface area (Å²) in [6.07, 6.45) is 1.68. The molecule has 0 saturated heterocycles. The number of rotatable bonds is 1. The van der Waals surface area contributed by atoms with Gasteiger partial charge in [0.1, 0.15) is 5.25 Å². The highest BCUT2D eigenvalue weighted by atomic mass is 32.2. The first-order chi connectivity index (χ1) is 6.65. The highest BCUT2D eigenvalue weighted by molar-refractivity contribution is 7.99. The fourth-order valence-corrected chi connectivity index (χ4v) is 2.23. The first-order valence-electron chi connectivity index (χ1n) is 3.96. The molecule has 0 fully saturated rings. The third kappa shape index (κ3) is 1.19. The lowest BCUT2D eigenvalue weighted by molar-refractivity contribution is -0.115. The van der Waals surface area contributed by atoms with Crippen molar-refractivity contribution in [2.75, 3.05) is 11.6 Å². The van der Waals surface area contributed by atoms with E-state index in [9.17, 15) is 13.6 Å². The van der Waals surface area contributed by atoms with Crippen molar-refractivity contribution in [1.82, 2.24) is 0 Å². The lowest BCUT2D eigenvalue weighted by atomic mass is 10.1. The highest BCUT2D eigenvalue weighted by Gasteiger charge is 2.33. The average molecular weight is 215 g/mol. The van der Waals surface area contributed by atoms with Crippen molar-refractivity contribution in [1.29, 1.82) is 0 Å². The fourth-order valence-electron chi connectivity index (χ4n) is 1.49. The zero-order chi connectivity index (χ0) is 10.3. The molecule has 1 aromatic carbocycles. The molecule has 2 nitrogen and oxygen atoms in total. The molecule has 0 spiro atoms. The summed E-state index contributed by atoms with van der Waals surface area (Å²) in [7, 11) is 0. The minimum atomic E-state index is -0.930. The number of anilines is 1. The molecule has 1 heterocycles. The maximum Gasteiger partial charge on any atom is 0.242 e. The second-order valence-corrected chi connectivity index (χ2v) is 3.87. The van der Waals surface area contributed by atoms with Gasteiger partial charge in [0.2, 0.25) is 5.91 Å². The van der Waals surface area contributed by atoms with Gasteiger partial charge in [-0.25, -0.2) is 8.78 Å². The second-order valence-electron chi connectivity index (χ2n) is 2.93. The minimum absolute atomic E-state index is 0.127. The van der Waals surface area contributed by atoms with Crippen LogP contribution in [0.5, 0.6) is 0 Å². The Labute approximate surface area is 83.7 Å². The number of halogens is 2. The Morgan fingerprint density at radius 1 is 1.43 bits per heavy atom. The van der Waals surface area contributed by atoms with Gasteiger partial charge in [-0.2, -0.15) is 0 Å². The number of hydrogen-bond donors (Lipinski definition) is 1. The van der Waals surface area contributed by atoms with Crippen LogP contribution in [0.2, 0.25) is 0 Å². The van der Waals surface area contributed by atoms with Crippen LogP contribution in [0.1, 0.15) is 10.8 Å². The third-order valence-electron chi connectivity index (χ3n) is 2.13. The van der Waals surface area contributed by atoms with E-state index in [-0.39, 0.29) is 11.5 Å². The highest BCUT2D eigenvalue weighted by Crippen LogP contribution is 2.40. The summed E-state index contributed by atoms with van der Waals surface area (Å²) in [5.41, 5.74) is 0.496. The zero-order valence-electron chi connectivity index (χ0n) is 7.30. The molecule has 2 rings (SSSR count). The van der Waals surface area contributed by atoms with E-state index in [2.05, 4.69) is 5.32 Å². The quantitative estimate of drug-likeness (QED) is 0.778. The molecular weight excluding hydrogens is 208 g/mol. The molecule has 74 valence electrons. The molecule has 0 bridgehead atoms. The van der Waals surface area contributed by atoms with Crippen molar-refractivity contribution in [3.63, 3.8) is 0 Å². The molecule has 1 aliphatic rings. The molecule has 1 N–H and O–H groups in total. The van der Waals surface area contributed by atoms with Gasteiger partial charge in [0.25, 0.3) is 0 Å². The maximum atomic E-state index is 13.3. The van der Waals surface area contributed by atoms with Gasteiger partial charge in [0.15, 0.2) is 11.6 Å². The predicted octanol–water partition coefficient (Wildman–Crippen LogP) is 2.32. The molecule has 14 heavy (non-hydrogen) atoms. The summed E-state index contributed by atoms with van der Waals surface area (Å²) in [5, 5.41) is 1.86. The molecule has 1 aliphatic heterocycles. The van der Waals surface area contributed by atoms with Crippen molar-refractivity contribution >= 4 is 23.4 Å². The number of carbonyl (C=O) groups is 1. The van der Waals surface area contributed by atoms with E-state index < -0.39 is 16.9 Å². The van der Waals surface area contributed by atoms with E-state index in [0.29, 0.717) is 5.69 Å². The Balaban J connectivity index is 2.60. The van der Waals surface area contributed by atoms with Crippen LogP contribution >= 0.6 is 11.8 Å². The largest absolute Gasteiger partial charge is 0.324 e. The van der Waals surface area contributed by atoms with Gasteiger partial charge in [-0.1, -0.05) is 0 Å². The van der Waals surface area contributed by atoms with Gasteiger partial charge in [-0.15, -0.1) is 11.8 Å². The predicted molar refractivity (Wildman–Crippen MR) is 51.2 cm³/mol. The van der Waals surface area contributed by atoms with E-state index in [1.54, 1.807) is 6.26 Å². The van der Waals surface area contributed by atoms with Crippen LogP contribution in [-0.4, -0.2) is 12.2 Å². The Kier molecular flexibility index (Phi) is 2.19. The van der Waals surface area contributed by atoms with Crippen molar-refractivity contribution in [3.8, 4) is 0 Å². The van der Waals surface area contributed by atoms with Gasteiger partial charge in [0.05, 0.1) is 0 Å². The number of benzene rings is 1. The smallest absolute Gasteiger partial charge is 0.242 e. The van der Waals surface area contributed by atoms with Crippen molar-refractivity contribution < 1.29 is 13.6 Å². The van der Waals surface area contributed by atoms with Gasteiger partial charge in [0, 0.05) is 11.3 Å². The summed E-state index contributed by atoms with van der Waals surface area (Å²) in [5.74, 6) is -2.14. The topological polar surface area (TPSA) is 29.1 Å². The SMILES string of the molecule is CSC1C(=O)Nc2ccc(F)c(F)c21. The lowest BCUT2D eigenvalue weighted by Crippen LogP contribution is -2.08. The van der Waals surface area contributed by atoms with Crippen LogP contribution < -0.4 is 5.32 Å². The first-order valence-corrected chi connectivity index (χ1v) is 5.25. The van der Waals surface area contributed by atoms with Gasteiger partial charge in [-0.05, 0) is 18.4 Å². The summed E-state index contributed by atoms with van der Waals surface area (Å²) in [6, 6.07) is 2.39. The monoisotopic (exact) mass is 215 g/mol. The number of hydrogen-bond acceptors (Lipinski definition) is 2. The molecule has 1 amide bonds. The van der Waals surface area contributed by atoms with Crippen LogP contribution in [0.4, 0.5) is 14.5 Å². The Morgan fingerprint density at radius 2 is 2.14 bits per heavy atom. The summed E-state index contributed by atoms with van der Waals surface area (Å²) in [4.78, 5) is 11.3. The molecule has 0 radical (unpaired) electrons. The van der Waals surface area contributed by atoms with Crippen LogP contribution in [0.3, 0.4) is 0 Å². The van der Waals surface area contributed by atoms with Crippen molar-refractivity contribution in [2.24, 2.45) is 0 Å². The molecular formula is C9H7F2NOS. The van der Waals surface area contributed by atoms with Crippen molar-refractivity contribution in [2.45, 2.75) is 5.25 Å². The Hall–Kier alpha value is -1.10. The third-order valence-corrected chi connectivity index (χ3v) is 3.05. The number of amides is 1. The van der Waals surface area contributed by atoms with Gasteiger partial charge in [-0.3, -0.25) is 4.79 Å². The average Bonchev–Trinajstić information content (AvgIpc) is 2.48. The van der Waals surface area contributed by atoms with Crippen LogP contribution in [0, 0.1) is 11.6 Å². The summed E-state index contributed by atoms with van der Waals surface area (Å²) >= 11 is 1.19. The van der Waals surface area contributed by atoms with Crippen LogP contribution in [-0.2, 0) is 4.79 Å². The molecule has 1 aromatic rings. The van der Waals surface area contributed by atoms with E-state index in [1.807, 2.05) is 0 Å². The Bertz CT molecular complexity index is 408. The number of fused-ring (bicyclic) bond motifs is 1. The molecule has 0 aromatic heterocycles. The maximum absolute atomic E-state index is 13.3. The molecule has 1 unspecified atom stereocenters. The standard InChI is InChI=1S/C9H7F2NOS/c1-14-8-6-5(12-9(8)13)3-2-4(10)7(6)11/h2-3,8H,1H3,(H,12,13). The summed E-state index contributed by atoms with van der Waals surface area (Å²) < 4.78 is 26.2. The van der Waals surface area contributed by atoms with Gasteiger partial charge < -0.3 is 5.32 Å². The van der Waals surface area contributed by atoms with Crippen LogP contribution in [0.15, 0.2) is 12.1 Å². The van der Waals surface area contributed by atoms with E-state index >= 15 is 0 Å².